The van der Waals surface area contributed by atoms with Crippen molar-refractivity contribution in [2.45, 2.75) is 19.0 Å². The third kappa shape index (κ3) is 4.92. The largest absolute Gasteiger partial charge is 0.480 e. The van der Waals surface area contributed by atoms with E-state index in [-0.39, 0.29) is 6.54 Å². The summed E-state index contributed by atoms with van der Waals surface area (Å²) in [6.45, 7) is -0.349. The van der Waals surface area contributed by atoms with Gasteiger partial charge in [-0.3, -0.25) is 19.1 Å². The molecule has 1 rings (SSSR count). The molecule has 1 heterocycles. The second-order valence-corrected chi connectivity index (χ2v) is 4.96. The fourth-order valence-electron chi connectivity index (χ4n) is 1.46. The average Bonchev–Trinajstić information content (AvgIpc) is 2.37. The molecule has 0 aliphatic heterocycles. The number of aromatic amines is 1. The standard InChI is InChI=1S/C11H15N3O5S/c1-20-5-3-7(10(17)18)12-9(16)6-14-4-2-8(15)13-11(14)19/h2,4,7H,3,5-6H2,1H3,(H,12,16)(H,17,18)(H,13,15,19)/t7-/m0/s1. The number of aliphatic carboxylic acids is 1. The van der Waals surface area contributed by atoms with Crippen molar-refractivity contribution < 1.29 is 14.7 Å². The van der Waals surface area contributed by atoms with Gasteiger partial charge in [0, 0.05) is 12.3 Å². The Morgan fingerprint density at radius 1 is 1.50 bits per heavy atom. The van der Waals surface area contributed by atoms with Crippen LogP contribution < -0.4 is 16.6 Å². The van der Waals surface area contributed by atoms with Gasteiger partial charge < -0.3 is 10.4 Å². The van der Waals surface area contributed by atoms with Crippen LogP contribution in [-0.4, -0.2) is 44.6 Å². The number of carboxylic acids is 1. The van der Waals surface area contributed by atoms with Crippen molar-refractivity contribution in [2.75, 3.05) is 12.0 Å². The van der Waals surface area contributed by atoms with Crippen molar-refractivity contribution >= 4 is 23.6 Å². The summed E-state index contributed by atoms with van der Waals surface area (Å²) >= 11 is 1.47. The van der Waals surface area contributed by atoms with E-state index in [1.165, 1.54) is 18.0 Å². The normalized spacial score (nSPS) is 11.8. The highest BCUT2D eigenvalue weighted by Crippen LogP contribution is 2.01. The van der Waals surface area contributed by atoms with Gasteiger partial charge in [0.05, 0.1) is 0 Å². The molecule has 1 atom stereocenters. The van der Waals surface area contributed by atoms with Crippen molar-refractivity contribution in [3.63, 3.8) is 0 Å². The lowest BCUT2D eigenvalue weighted by molar-refractivity contribution is -0.141. The molecular formula is C11H15N3O5S. The molecule has 9 heteroatoms. The Labute approximate surface area is 118 Å². The molecule has 0 spiro atoms. The van der Waals surface area contributed by atoms with Gasteiger partial charge in [0.2, 0.25) is 5.91 Å². The highest BCUT2D eigenvalue weighted by Gasteiger charge is 2.19. The Morgan fingerprint density at radius 2 is 2.20 bits per heavy atom. The summed E-state index contributed by atoms with van der Waals surface area (Å²) in [7, 11) is 0. The van der Waals surface area contributed by atoms with Crippen molar-refractivity contribution in [1.29, 1.82) is 0 Å². The molecule has 0 saturated carbocycles. The van der Waals surface area contributed by atoms with Crippen LogP contribution in [0.3, 0.4) is 0 Å². The summed E-state index contributed by atoms with van der Waals surface area (Å²) in [5, 5.41) is 11.3. The monoisotopic (exact) mass is 301 g/mol. The first-order valence-corrected chi connectivity index (χ1v) is 7.14. The quantitative estimate of drug-likeness (QED) is 0.585. The summed E-state index contributed by atoms with van der Waals surface area (Å²) < 4.78 is 0.990. The first-order chi connectivity index (χ1) is 9.43. The van der Waals surface area contributed by atoms with E-state index in [1.54, 1.807) is 0 Å². The molecule has 0 aromatic carbocycles. The van der Waals surface area contributed by atoms with Gasteiger partial charge in [-0.1, -0.05) is 0 Å². The number of hydrogen-bond acceptors (Lipinski definition) is 5. The SMILES string of the molecule is CSCC[C@H](NC(=O)Cn1ccc(=O)[nH]c1=O)C(=O)O. The van der Waals surface area contributed by atoms with Crippen molar-refractivity contribution in [2.24, 2.45) is 0 Å². The third-order valence-electron chi connectivity index (χ3n) is 2.45. The Morgan fingerprint density at radius 3 is 2.75 bits per heavy atom. The Bertz CT molecular complexity index is 594. The van der Waals surface area contributed by atoms with E-state index in [1.807, 2.05) is 11.2 Å². The Kier molecular flexibility index (Phi) is 6.04. The Balaban J connectivity index is 2.68. The number of carbonyl (C=O) groups excluding carboxylic acids is 1. The number of H-pyrrole nitrogens is 1. The maximum Gasteiger partial charge on any atom is 0.328 e. The van der Waals surface area contributed by atoms with Crippen LogP contribution in [0.2, 0.25) is 0 Å². The molecule has 0 unspecified atom stereocenters. The zero-order valence-corrected chi connectivity index (χ0v) is 11.6. The van der Waals surface area contributed by atoms with Crippen LogP contribution in [0.1, 0.15) is 6.42 Å². The van der Waals surface area contributed by atoms with Crippen LogP contribution in [0, 0.1) is 0 Å². The molecule has 0 saturated heterocycles. The third-order valence-corrected chi connectivity index (χ3v) is 3.10. The van der Waals surface area contributed by atoms with Crippen LogP contribution in [0.25, 0.3) is 0 Å². The lowest BCUT2D eigenvalue weighted by Crippen LogP contribution is -2.44. The van der Waals surface area contributed by atoms with E-state index in [4.69, 9.17) is 5.11 Å². The van der Waals surface area contributed by atoms with Crippen LogP contribution in [-0.2, 0) is 16.1 Å². The number of carbonyl (C=O) groups is 2. The van der Waals surface area contributed by atoms with E-state index in [2.05, 4.69) is 5.32 Å². The lowest BCUT2D eigenvalue weighted by atomic mass is 10.2. The van der Waals surface area contributed by atoms with Gasteiger partial charge in [-0.2, -0.15) is 11.8 Å². The number of nitrogens with zero attached hydrogens (tertiary/aromatic N) is 1. The number of amides is 1. The van der Waals surface area contributed by atoms with E-state index >= 15 is 0 Å². The summed E-state index contributed by atoms with van der Waals surface area (Å²) in [4.78, 5) is 46.9. The molecule has 20 heavy (non-hydrogen) atoms. The van der Waals surface area contributed by atoms with Gasteiger partial charge in [0.25, 0.3) is 5.56 Å². The van der Waals surface area contributed by atoms with Gasteiger partial charge in [-0.15, -0.1) is 0 Å². The van der Waals surface area contributed by atoms with Crippen LogP contribution >= 0.6 is 11.8 Å². The van der Waals surface area contributed by atoms with Crippen molar-refractivity contribution in [3.05, 3.63) is 33.1 Å². The van der Waals surface area contributed by atoms with E-state index in [0.717, 1.165) is 10.6 Å². The molecule has 3 N–H and O–H groups in total. The van der Waals surface area contributed by atoms with Gasteiger partial charge in [0.1, 0.15) is 12.6 Å². The van der Waals surface area contributed by atoms with Gasteiger partial charge in [0.15, 0.2) is 0 Å². The van der Waals surface area contributed by atoms with E-state index in [9.17, 15) is 19.2 Å². The topological polar surface area (TPSA) is 121 Å². The minimum absolute atomic E-state index is 0.294. The summed E-state index contributed by atoms with van der Waals surface area (Å²) in [5.74, 6) is -1.13. The molecule has 0 bridgehead atoms. The van der Waals surface area contributed by atoms with Gasteiger partial charge in [-0.25, -0.2) is 9.59 Å². The lowest BCUT2D eigenvalue weighted by Gasteiger charge is -2.14. The van der Waals surface area contributed by atoms with Gasteiger partial charge >= 0.3 is 11.7 Å². The molecule has 1 aromatic rings. The number of rotatable bonds is 7. The van der Waals surface area contributed by atoms with Crippen LogP contribution in [0.15, 0.2) is 21.9 Å². The minimum atomic E-state index is -1.12. The average molecular weight is 301 g/mol. The maximum atomic E-state index is 11.7. The molecule has 0 radical (unpaired) electrons. The summed E-state index contributed by atoms with van der Waals surface area (Å²) in [5.41, 5.74) is -1.28. The molecule has 1 aromatic heterocycles. The zero-order chi connectivity index (χ0) is 15.1. The van der Waals surface area contributed by atoms with Crippen LogP contribution in [0.4, 0.5) is 0 Å². The number of aromatic nitrogens is 2. The molecule has 0 aliphatic rings. The predicted molar refractivity (Wildman–Crippen MR) is 73.9 cm³/mol. The van der Waals surface area contributed by atoms with Crippen molar-refractivity contribution in [3.8, 4) is 0 Å². The summed E-state index contributed by atoms with van der Waals surface area (Å²) in [6, 6.07) is 0.116. The molecule has 0 aliphatic carbocycles. The Hall–Kier alpha value is -2.03. The van der Waals surface area contributed by atoms with E-state index in [0.29, 0.717) is 12.2 Å². The number of carboxylic acid groups (broad SMARTS) is 1. The fraction of sp³-hybridized carbons (Fsp3) is 0.455. The first-order valence-electron chi connectivity index (χ1n) is 5.75. The highest BCUT2D eigenvalue weighted by molar-refractivity contribution is 7.98. The second kappa shape index (κ2) is 7.53. The molecule has 8 nitrogen and oxygen atoms in total. The van der Waals surface area contributed by atoms with Crippen molar-refractivity contribution in [1.82, 2.24) is 14.9 Å². The fourth-order valence-corrected chi connectivity index (χ4v) is 1.93. The summed E-state index contributed by atoms with van der Waals surface area (Å²) in [6.07, 6.45) is 3.31. The van der Waals surface area contributed by atoms with E-state index < -0.39 is 29.2 Å². The highest BCUT2D eigenvalue weighted by atomic mass is 32.2. The smallest absolute Gasteiger partial charge is 0.328 e. The van der Waals surface area contributed by atoms with Gasteiger partial charge in [-0.05, 0) is 18.4 Å². The second-order valence-electron chi connectivity index (χ2n) is 3.98. The predicted octanol–water partition coefficient (Wildman–Crippen LogP) is -1.14. The molecule has 1 amide bonds. The number of hydrogen-bond donors (Lipinski definition) is 3. The minimum Gasteiger partial charge on any atom is -0.480 e. The zero-order valence-electron chi connectivity index (χ0n) is 10.8. The molecular weight excluding hydrogens is 286 g/mol. The maximum absolute atomic E-state index is 11.7. The number of nitrogens with one attached hydrogen (secondary N) is 2. The number of thioether (sulfide) groups is 1. The molecule has 0 fully saturated rings. The van der Waals surface area contributed by atoms with Crippen LogP contribution in [0.5, 0.6) is 0 Å². The first kappa shape index (κ1) is 16.0. The molecule has 110 valence electrons.